The van der Waals surface area contributed by atoms with Gasteiger partial charge in [-0.2, -0.15) is 0 Å². The molecule has 0 bridgehead atoms. The molecule has 2 rings (SSSR count). The number of methoxy groups -OCH3 is 1. The van der Waals surface area contributed by atoms with E-state index >= 15 is 0 Å². The lowest BCUT2D eigenvalue weighted by molar-refractivity contribution is 0.0693. The maximum Gasteiger partial charge on any atom is 0.339 e. The van der Waals surface area contributed by atoms with Gasteiger partial charge in [-0.3, -0.25) is 0 Å². The molecule has 1 aromatic heterocycles. The van der Waals surface area contributed by atoms with Crippen molar-refractivity contribution < 1.29 is 19.4 Å². The summed E-state index contributed by atoms with van der Waals surface area (Å²) in [7, 11) is 1.44. The first kappa shape index (κ1) is 12.3. The smallest absolute Gasteiger partial charge is 0.339 e. The number of aromatic nitrogens is 2. The first-order chi connectivity index (χ1) is 8.61. The van der Waals surface area contributed by atoms with Gasteiger partial charge in [-0.15, -0.1) is 5.10 Å². The number of rotatable bonds is 4. The van der Waals surface area contributed by atoms with Crippen LogP contribution in [0.5, 0.6) is 16.7 Å². The van der Waals surface area contributed by atoms with E-state index in [1.165, 1.54) is 24.5 Å². The van der Waals surface area contributed by atoms with Gasteiger partial charge in [0.05, 0.1) is 7.11 Å². The van der Waals surface area contributed by atoms with Gasteiger partial charge in [0.15, 0.2) is 11.5 Å². The third-order valence-electron chi connectivity index (χ3n) is 2.13. The van der Waals surface area contributed by atoms with Crippen molar-refractivity contribution in [3.8, 4) is 16.7 Å². The summed E-state index contributed by atoms with van der Waals surface area (Å²) in [6.07, 6.45) is 0. The lowest BCUT2D eigenvalue weighted by Crippen LogP contribution is -2.01. The summed E-state index contributed by atoms with van der Waals surface area (Å²) in [5, 5.41) is 17.7. The van der Waals surface area contributed by atoms with Crippen LogP contribution in [0.25, 0.3) is 0 Å². The highest BCUT2D eigenvalue weighted by Crippen LogP contribution is 2.35. The molecule has 0 spiro atoms. The fourth-order valence-electron chi connectivity index (χ4n) is 1.36. The van der Waals surface area contributed by atoms with Crippen LogP contribution in [-0.4, -0.2) is 28.4 Å². The van der Waals surface area contributed by atoms with E-state index in [2.05, 4.69) is 10.2 Å². The molecule has 94 valence electrons. The van der Waals surface area contributed by atoms with Gasteiger partial charge < -0.3 is 14.6 Å². The van der Waals surface area contributed by atoms with Crippen LogP contribution < -0.4 is 9.47 Å². The van der Waals surface area contributed by atoms with Crippen molar-refractivity contribution in [2.24, 2.45) is 0 Å². The van der Waals surface area contributed by atoms with Crippen molar-refractivity contribution >= 4 is 17.3 Å². The van der Waals surface area contributed by atoms with Crippen LogP contribution >= 0.6 is 11.3 Å². The zero-order chi connectivity index (χ0) is 13.1. The summed E-state index contributed by atoms with van der Waals surface area (Å²) in [6.45, 7) is 1.78. The normalized spacial score (nSPS) is 10.1. The standard InChI is InChI=1S/C11H10N2O4S/c1-6-12-13-11(18-6)17-9-7(10(14)15)4-3-5-8(9)16-2/h3-5H,1-2H3,(H,14,15). The second kappa shape index (κ2) is 5.01. The minimum Gasteiger partial charge on any atom is -0.493 e. The van der Waals surface area contributed by atoms with Gasteiger partial charge in [0.25, 0.3) is 5.19 Å². The Bertz CT molecular complexity index is 582. The molecule has 0 fully saturated rings. The van der Waals surface area contributed by atoms with Crippen LogP contribution in [0, 0.1) is 6.92 Å². The van der Waals surface area contributed by atoms with Crippen LogP contribution in [0.2, 0.25) is 0 Å². The number of aromatic carboxylic acids is 1. The molecule has 2 aromatic rings. The van der Waals surface area contributed by atoms with Gasteiger partial charge in [0.1, 0.15) is 10.6 Å². The van der Waals surface area contributed by atoms with Gasteiger partial charge in [-0.1, -0.05) is 22.5 Å². The molecule has 0 aliphatic carbocycles. The van der Waals surface area contributed by atoms with Crippen LogP contribution in [0.1, 0.15) is 15.4 Å². The average Bonchev–Trinajstić information content (AvgIpc) is 2.75. The zero-order valence-electron chi connectivity index (χ0n) is 9.71. The van der Waals surface area contributed by atoms with Gasteiger partial charge in [-0.25, -0.2) is 4.79 Å². The summed E-state index contributed by atoms with van der Waals surface area (Å²) in [4.78, 5) is 11.1. The molecule has 0 saturated heterocycles. The number of carboxylic acids is 1. The molecule has 0 atom stereocenters. The summed E-state index contributed by atoms with van der Waals surface area (Å²) in [5.74, 6) is -0.628. The molecule has 0 unspecified atom stereocenters. The number of carbonyl (C=O) groups is 1. The summed E-state index contributed by atoms with van der Waals surface area (Å²) in [6, 6.07) is 4.64. The summed E-state index contributed by atoms with van der Waals surface area (Å²) >= 11 is 1.23. The zero-order valence-corrected chi connectivity index (χ0v) is 10.5. The monoisotopic (exact) mass is 266 g/mol. The molecular formula is C11H10N2O4S. The number of aryl methyl sites for hydroxylation is 1. The topological polar surface area (TPSA) is 81.5 Å². The molecule has 6 nitrogen and oxygen atoms in total. The summed E-state index contributed by atoms with van der Waals surface area (Å²) in [5.41, 5.74) is 0.0159. The number of nitrogens with zero attached hydrogens (tertiary/aromatic N) is 2. The number of carboxylic acid groups (broad SMARTS) is 1. The molecule has 0 aliphatic rings. The highest BCUT2D eigenvalue weighted by Gasteiger charge is 2.18. The number of hydrogen-bond donors (Lipinski definition) is 1. The van der Waals surface area contributed by atoms with Gasteiger partial charge in [0.2, 0.25) is 0 Å². The average molecular weight is 266 g/mol. The Morgan fingerprint density at radius 1 is 1.39 bits per heavy atom. The van der Waals surface area contributed by atoms with Gasteiger partial charge in [0, 0.05) is 0 Å². The Labute approximate surface area is 107 Å². The van der Waals surface area contributed by atoms with Crippen molar-refractivity contribution in [1.29, 1.82) is 0 Å². The fourth-order valence-corrected chi connectivity index (χ4v) is 1.90. The molecule has 7 heteroatoms. The van der Waals surface area contributed by atoms with E-state index in [0.717, 1.165) is 5.01 Å². The van der Waals surface area contributed by atoms with E-state index in [9.17, 15) is 4.79 Å². The molecule has 0 radical (unpaired) electrons. The van der Waals surface area contributed by atoms with Gasteiger partial charge in [-0.05, 0) is 19.1 Å². The number of hydrogen-bond acceptors (Lipinski definition) is 6. The highest BCUT2D eigenvalue weighted by molar-refractivity contribution is 7.13. The van der Waals surface area contributed by atoms with Crippen LogP contribution in [-0.2, 0) is 0 Å². The van der Waals surface area contributed by atoms with Crippen molar-refractivity contribution in [1.82, 2.24) is 10.2 Å². The van der Waals surface area contributed by atoms with E-state index in [-0.39, 0.29) is 16.5 Å². The molecule has 0 amide bonds. The first-order valence-electron chi connectivity index (χ1n) is 5.00. The Morgan fingerprint density at radius 2 is 2.17 bits per heavy atom. The lowest BCUT2D eigenvalue weighted by atomic mass is 10.2. The van der Waals surface area contributed by atoms with Crippen LogP contribution in [0.3, 0.4) is 0 Å². The maximum atomic E-state index is 11.1. The van der Waals surface area contributed by atoms with Crippen LogP contribution in [0.4, 0.5) is 0 Å². The Morgan fingerprint density at radius 3 is 2.72 bits per heavy atom. The van der Waals surface area contributed by atoms with Crippen molar-refractivity contribution in [2.75, 3.05) is 7.11 Å². The van der Waals surface area contributed by atoms with E-state index < -0.39 is 5.97 Å². The minimum atomic E-state index is -1.09. The van der Waals surface area contributed by atoms with E-state index in [4.69, 9.17) is 14.6 Å². The molecular weight excluding hydrogens is 256 g/mol. The molecule has 1 heterocycles. The minimum absolute atomic E-state index is 0.0159. The molecule has 1 aromatic carbocycles. The maximum absolute atomic E-state index is 11.1. The van der Waals surface area contributed by atoms with E-state index in [0.29, 0.717) is 5.75 Å². The molecule has 1 N–H and O–H groups in total. The Hall–Kier alpha value is -2.15. The summed E-state index contributed by atoms with van der Waals surface area (Å²) < 4.78 is 10.5. The fraction of sp³-hybridized carbons (Fsp3) is 0.182. The molecule has 0 aliphatic heterocycles. The third kappa shape index (κ3) is 2.40. The van der Waals surface area contributed by atoms with Crippen LogP contribution in [0.15, 0.2) is 18.2 Å². The van der Waals surface area contributed by atoms with Crippen molar-refractivity contribution in [3.63, 3.8) is 0 Å². The second-order valence-electron chi connectivity index (χ2n) is 3.33. The predicted molar refractivity (Wildman–Crippen MR) is 64.7 cm³/mol. The number of benzene rings is 1. The largest absolute Gasteiger partial charge is 0.493 e. The van der Waals surface area contributed by atoms with E-state index in [1.54, 1.807) is 19.1 Å². The lowest BCUT2D eigenvalue weighted by Gasteiger charge is -2.10. The number of para-hydroxylation sites is 1. The van der Waals surface area contributed by atoms with Crippen molar-refractivity contribution in [3.05, 3.63) is 28.8 Å². The van der Waals surface area contributed by atoms with E-state index in [1.807, 2.05) is 0 Å². The SMILES string of the molecule is COc1cccc(C(=O)O)c1Oc1nnc(C)s1. The molecule has 0 saturated carbocycles. The second-order valence-corrected chi connectivity index (χ2v) is 4.48. The number of ether oxygens (including phenoxy) is 2. The Balaban J connectivity index is 2.44. The molecule has 18 heavy (non-hydrogen) atoms. The quantitative estimate of drug-likeness (QED) is 0.914. The first-order valence-corrected chi connectivity index (χ1v) is 5.81. The third-order valence-corrected chi connectivity index (χ3v) is 2.84. The van der Waals surface area contributed by atoms with Crippen molar-refractivity contribution in [2.45, 2.75) is 6.92 Å². The highest BCUT2D eigenvalue weighted by atomic mass is 32.1. The Kier molecular flexibility index (Phi) is 3.42. The van der Waals surface area contributed by atoms with Gasteiger partial charge >= 0.3 is 5.97 Å². The predicted octanol–water partition coefficient (Wildman–Crippen LogP) is 2.35.